The zero-order valence-electron chi connectivity index (χ0n) is 26.6. The smallest absolute Gasteiger partial charge is 1.00 e. The summed E-state index contributed by atoms with van der Waals surface area (Å²) in [5, 5.41) is 10.7. The van der Waals surface area contributed by atoms with Crippen LogP contribution in [0.25, 0.3) is 60.3 Å². The van der Waals surface area contributed by atoms with E-state index in [1.54, 1.807) is 5.57 Å². The molecule has 8 rings (SSSR count). The Bertz CT molecular complexity index is 2090. The largest absolute Gasteiger partial charge is 3.00 e. The Hall–Kier alpha value is -2.87. The third-order valence-electron chi connectivity index (χ3n) is 9.01. The summed E-state index contributed by atoms with van der Waals surface area (Å²) in [5.74, 6) is 0.281. The number of unbranched alkanes of at least 4 members (excludes halogenated alkanes) is 1. The second-order valence-electron chi connectivity index (χ2n) is 11.8. The number of hydrogen-bond acceptors (Lipinski definition) is 0. The van der Waals surface area contributed by atoms with Crippen LogP contribution in [0.5, 0.6) is 0 Å². The van der Waals surface area contributed by atoms with Gasteiger partial charge >= 0.3 is 26.2 Å². The average Bonchev–Trinajstić information content (AvgIpc) is 3.61. The fraction of sp³-hybridized carbons (Fsp3) is 0.167. The molecule has 0 heterocycles. The van der Waals surface area contributed by atoms with Gasteiger partial charge in [-0.2, -0.15) is 0 Å². The van der Waals surface area contributed by atoms with Gasteiger partial charge in [-0.1, -0.05) is 147 Å². The average molecular weight is 732 g/mol. The van der Waals surface area contributed by atoms with Gasteiger partial charge in [-0.05, 0) is 62.7 Å². The molecule has 1 aliphatic carbocycles. The first kappa shape index (κ1) is 36.0. The van der Waals surface area contributed by atoms with Gasteiger partial charge in [0.1, 0.15) is 0 Å². The Morgan fingerprint density at radius 2 is 1.22 bits per heavy atom. The molecule has 4 heteroatoms. The van der Waals surface area contributed by atoms with Gasteiger partial charge in [0.2, 0.25) is 0 Å². The van der Waals surface area contributed by atoms with E-state index < -0.39 is 0 Å². The van der Waals surface area contributed by atoms with E-state index in [4.69, 9.17) is 0 Å². The Labute approximate surface area is 307 Å². The first-order valence-electron chi connectivity index (χ1n) is 15.6. The van der Waals surface area contributed by atoms with Crippen LogP contribution in [0.3, 0.4) is 0 Å². The van der Waals surface area contributed by atoms with Crippen molar-refractivity contribution >= 4 is 58.7 Å². The molecule has 0 bridgehead atoms. The van der Waals surface area contributed by atoms with Crippen LogP contribution in [0, 0.1) is 0 Å². The van der Waals surface area contributed by atoms with Crippen LogP contribution in [-0.4, -0.2) is 9.52 Å². The van der Waals surface area contributed by atoms with Gasteiger partial charge in [0.05, 0.1) is 0 Å². The summed E-state index contributed by atoms with van der Waals surface area (Å²) in [6.07, 6.45) is 6.08. The van der Waals surface area contributed by atoms with E-state index in [1.165, 1.54) is 83.7 Å². The van der Waals surface area contributed by atoms with Crippen LogP contribution < -0.4 is 24.8 Å². The Morgan fingerprint density at radius 3 is 1.89 bits per heavy atom. The monoisotopic (exact) mass is 729 g/mol. The molecule has 3 radical (unpaired) electrons. The molecule has 1 aliphatic rings. The van der Waals surface area contributed by atoms with E-state index in [-0.39, 0.29) is 56.9 Å². The topological polar surface area (TPSA) is 0 Å². The van der Waals surface area contributed by atoms with Crippen LogP contribution in [0.15, 0.2) is 127 Å². The van der Waals surface area contributed by atoms with Crippen molar-refractivity contribution < 1.29 is 51.0 Å². The van der Waals surface area contributed by atoms with Gasteiger partial charge in [0.25, 0.3) is 0 Å². The molecule has 7 aromatic rings. The van der Waals surface area contributed by atoms with E-state index in [0.717, 1.165) is 15.9 Å². The predicted molar refractivity (Wildman–Crippen MR) is 191 cm³/mol. The number of fused-ring (bicyclic) bond motifs is 6. The van der Waals surface area contributed by atoms with Gasteiger partial charge in [-0.15, -0.1) is 33.7 Å². The Kier molecular flexibility index (Phi) is 12.4. The number of allylic oxidation sites excluding steroid dienone is 1. The maximum Gasteiger partial charge on any atom is 3.00 e. The maximum atomic E-state index is 2.54. The van der Waals surface area contributed by atoms with Crippen molar-refractivity contribution in [1.82, 2.24) is 0 Å². The maximum absolute atomic E-state index is 2.54. The van der Waals surface area contributed by atoms with Crippen LogP contribution in [0.4, 0.5) is 0 Å². The fourth-order valence-corrected chi connectivity index (χ4v) is 7.21. The van der Waals surface area contributed by atoms with Crippen LogP contribution in [0.1, 0.15) is 48.8 Å². The molecule has 0 aliphatic heterocycles. The second-order valence-corrected chi connectivity index (χ2v) is 12.8. The van der Waals surface area contributed by atoms with Crippen LogP contribution in [-0.2, 0) is 26.2 Å². The number of halogens is 2. The molecule has 0 fully saturated rings. The minimum absolute atomic E-state index is 0. The summed E-state index contributed by atoms with van der Waals surface area (Å²) in [6.45, 7) is 6.61. The minimum atomic E-state index is 0. The molecule has 1 atom stereocenters. The molecule has 0 saturated heterocycles. The standard InChI is InChI=1S/C40H31.C2H6Si.2ClH.Zr/c1-2-3-12-29-25-38-35(39(29)34-20-10-19-33-30-16-7-4-15-28(30)24-37(33)34)21-11-22-36(38)40-31-17-8-5-13-26(31)23-27-14-6-9-18-32(27)40;1-3-2;;;/h4-11,13-25,39H,2-3,12H2,1H3;1-2H3;2*1H;/q-1;;;;+3/p-2. The SMILES string of the molecule is CCCCC1=Cc2c(-c3c4ccccc4cc4ccccc34)cccc2C1c1cccc2c1[cH-]c1ccccc12.C[Si]C.[Cl-].[Cl-].[Zr+3]. The zero-order chi connectivity index (χ0) is 29.3. The van der Waals surface area contributed by atoms with Crippen LogP contribution >= 0.6 is 0 Å². The first-order valence-corrected chi connectivity index (χ1v) is 17.6. The molecule has 7 aromatic carbocycles. The zero-order valence-corrected chi connectivity index (χ0v) is 31.5. The molecule has 0 nitrogen and oxygen atoms in total. The fourth-order valence-electron chi connectivity index (χ4n) is 7.21. The third-order valence-corrected chi connectivity index (χ3v) is 9.01. The van der Waals surface area contributed by atoms with E-state index in [0.29, 0.717) is 0 Å². The molecule has 0 spiro atoms. The van der Waals surface area contributed by atoms with Crippen molar-refractivity contribution in [1.29, 1.82) is 0 Å². The number of hydrogen-bond donors (Lipinski definition) is 0. The Balaban J connectivity index is 0.000000772. The van der Waals surface area contributed by atoms with Gasteiger partial charge in [-0.25, -0.2) is 0 Å². The van der Waals surface area contributed by atoms with Crippen molar-refractivity contribution in [2.75, 3.05) is 0 Å². The first-order chi connectivity index (χ1) is 21.2. The summed E-state index contributed by atoms with van der Waals surface area (Å²) in [5.41, 5.74) is 8.53. The summed E-state index contributed by atoms with van der Waals surface area (Å²) >= 11 is 0. The summed E-state index contributed by atoms with van der Waals surface area (Å²) in [6, 6.07) is 45.3. The van der Waals surface area contributed by atoms with Gasteiger partial charge in [-0.3, -0.25) is 0 Å². The molecule has 0 N–H and O–H groups in total. The molecule has 46 heavy (non-hydrogen) atoms. The second kappa shape index (κ2) is 15.8. The molecule has 0 saturated carbocycles. The normalized spacial score (nSPS) is 13.3. The quantitative estimate of drug-likeness (QED) is 0.113. The molecule has 0 amide bonds. The summed E-state index contributed by atoms with van der Waals surface area (Å²) in [4.78, 5) is 0. The molecule has 0 aromatic heterocycles. The van der Waals surface area contributed by atoms with Crippen molar-refractivity contribution in [3.63, 3.8) is 0 Å². The third kappa shape index (κ3) is 6.35. The number of rotatable bonds is 5. The van der Waals surface area contributed by atoms with Crippen molar-refractivity contribution in [2.45, 2.75) is 45.2 Å². The van der Waals surface area contributed by atoms with Crippen LogP contribution in [0.2, 0.25) is 13.1 Å². The van der Waals surface area contributed by atoms with E-state index >= 15 is 0 Å². The van der Waals surface area contributed by atoms with Crippen molar-refractivity contribution in [2.24, 2.45) is 0 Å². The predicted octanol–water partition coefficient (Wildman–Crippen LogP) is 6.20. The van der Waals surface area contributed by atoms with Gasteiger partial charge < -0.3 is 24.8 Å². The minimum Gasteiger partial charge on any atom is -1.00 e. The number of benzene rings is 6. The van der Waals surface area contributed by atoms with Gasteiger partial charge in [0.15, 0.2) is 0 Å². The molecule has 227 valence electrons. The summed E-state index contributed by atoms with van der Waals surface area (Å²) < 4.78 is 0. The molecular formula is C42H37Cl2SiZr. The van der Waals surface area contributed by atoms with Crippen molar-refractivity contribution in [3.05, 3.63) is 144 Å². The van der Waals surface area contributed by atoms with E-state index in [2.05, 4.69) is 147 Å². The van der Waals surface area contributed by atoms with Gasteiger partial charge in [0, 0.05) is 15.4 Å². The van der Waals surface area contributed by atoms with E-state index in [1.807, 2.05) is 0 Å². The van der Waals surface area contributed by atoms with Crippen molar-refractivity contribution in [3.8, 4) is 11.1 Å². The molecular weight excluding hydrogens is 695 g/mol. The Morgan fingerprint density at radius 1 is 0.652 bits per heavy atom. The van der Waals surface area contributed by atoms with E-state index in [9.17, 15) is 0 Å². The summed E-state index contributed by atoms with van der Waals surface area (Å²) in [7, 11) is 1.08. The molecule has 1 unspecified atom stereocenters.